The lowest BCUT2D eigenvalue weighted by molar-refractivity contribution is -0.192. The molecule has 31 heavy (non-hydrogen) atoms. The second-order valence-corrected chi connectivity index (χ2v) is 8.28. The summed E-state index contributed by atoms with van der Waals surface area (Å²) in [7, 11) is -0.701. The summed E-state index contributed by atoms with van der Waals surface area (Å²) < 4.78 is 58.7. The predicted octanol–water partition coefficient (Wildman–Crippen LogP) is 3.59. The Labute approximate surface area is 184 Å². The van der Waals surface area contributed by atoms with Gasteiger partial charge in [-0.1, -0.05) is 23.2 Å². The third-order valence-corrected chi connectivity index (χ3v) is 5.33. The first kappa shape index (κ1) is 26.3. The maximum atomic E-state index is 12.4. The summed E-state index contributed by atoms with van der Waals surface area (Å²) >= 11 is 11.6. The van der Waals surface area contributed by atoms with Crippen LogP contribution < -0.4 is 9.62 Å². The first-order valence-corrected chi connectivity index (χ1v) is 9.98. The number of hydrogen-bond acceptors (Lipinski definition) is 6. The maximum absolute atomic E-state index is 12.4. The van der Waals surface area contributed by atoms with Crippen molar-refractivity contribution in [1.29, 1.82) is 0 Å². The number of sulfonamides is 1. The molecule has 0 radical (unpaired) electrons. The van der Waals surface area contributed by atoms with Gasteiger partial charge in [0.15, 0.2) is 0 Å². The zero-order valence-corrected chi connectivity index (χ0v) is 17.9. The van der Waals surface area contributed by atoms with Crippen LogP contribution in [-0.4, -0.2) is 55.8 Å². The van der Waals surface area contributed by atoms with E-state index in [1.807, 2.05) is 0 Å². The molecule has 0 bridgehead atoms. The molecule has 0 aliphatic heterocycles. The Morgan fingerprint density at radius 3 is 2.06 bits per heavy atom. The number of aliphatic carboxylic acids is 1. The van der Waals surface area contributed by atoms with E-state index in [-0.39, 0.29) is 32.0 Å². The summed E-state index contributed by atoms with van der Waals surface area (Å²) in [5.74, 6) is -3.77. The number of nitrogens with zero attached hydrogens (tertiary/aromatic N) is 2. The SMILES string of the molecule is CN(C)c1ncc(NS(=O)(=O)c2ccc(Cl)c(Cl)c2)cc1C(=O)O.O=C(O)C(F)(F)F. The van der Waals surface area contributed by atoms with E-state index in [0.29, 0.717) is 0 Å². The zero-order valence-electron chi connectivity index (χ0n) is 15.6. The van der Waals surface area contributed by atoms with Crippen LogP contribution in [-0.2, 0) is 14.8 Å². The molecule has 0 aliphatic rings. The number of benzene rings is 1. The van der Waals surface area contributed by atoms with E-state index in [4.69, 9.17) is 33.1 Å². The van der Waals surface area contributed by atoms with Crippen LogP contribution in [0, 0.1) is 0 Å². The van der Waals surface area contributed by atoms with E-state index in [1.54, 1.807) is 14.1 Å². The number of rotatable bonds is 5. The van der Waals surface area contributed by atoms with Crippen molar-refractivity contribution in [3.63, 3.8) is 0 Å². The smallest absolute Gasteiger partial charge is 0.478 e. The molecule has 2 rings (SSSR count). The number of halogens is 5. The Hall–Kier alpha value is -2.77. The Morgan fingerprint density at radius 2 is 1.65 bits per heavy atom. The van der Waals surface area contributed by atoms with Gasteiger partial charge < -0.3 is 15.1 Å². The molecule has 0 amide bonds. The number of hydrogen-bond donors (Lipinski definition) is 3. The van der Waals surface area contributed by atoms with Crippen LogP contribution in [0.3, 0.4) is 0 Å². The van der Waals surface area contributed by atoms with Crippen LogP contribution in [0.25, 0.3) is 0 Å². The second-order valence-electron chi connectivity index (χ2n) is 5.78. The number of aromatic carboxylic acids is 1. The number of alkyl halides is 3. The third-order valence-electron chi connectivity index (χ3n) is 3.22. The van der Waals surface area contributed by atoms with Gasteiger partial charge in [0.1, 0.15) is 11.4 Å². The van der Waals surface area contributed by atoms with Gasteiger partial charge in [0, 0.05) is 14.1 Å². The standard InChI is InChI=1S/C14H13Cl2N3O4S.C2HF3O2/c1-19(2)13-10(14(20)21)5-8(7-17-13)18-24(22,23)9-3-4-11(15)12(16)6-9;3-2(4,5)1(6)7/h3-7,18H,1-2H3,(H,20,21);(H,6,7). The molecule has 0 atom stereocenters. The van der Waals surface area contributed by atoms with Crippen LogP contribution in [0.1, 0.15) is 10.4 Å². The molecule has 0 unspecified atom stereocenters. The minimum Gasteiger partial charge on any atom is -0.478 e. The molecule has 2 aromatic rings. The van der Waals surface area contributed by atoms with Crippen LogP contribution >= 0.6 is 23.2 Å². The molecule has 170 valence electrons. The minimum atomic E-state index is -5.08. The van der Waals surface area contributed by atoms with E-state index in [2.05, 4.69) is 9.71 Å². The van der Waals surface area contributed by atoms with E-state index in [0.717, 1.165) is 0 Å². The highest BCUT2D eigenvalue weighted by atomic mass is 35.5. The molecule has 1 aromatic heterocycles. The number of carboxylic acids is 2. The Morgan fingerprint density at radius 1 is 1.10 bits per heavy atom. The van der Waals surface area contributed by atoms with Crippen molar-refractivity contribution in [3.05, 3.63) is 46.1 Å². The summed E-state index contributed by atoms with van der Waals surface area (Å²) in [5.41, 5.74) is -0.113. The number of carbonyl (C=O) groups is 2. The van der Waals surface area contributed by atoms with E-state index in [9.17, 15) is 31.5 Å². The molecule has 0 aliphatic carbocycles. The van der Waals surface area contributed by atoms with Gasteiger partial charge in [0.05, 0.1) is 26.8 Å². The lowest BCUT2D eigenvalue weighted by Crippen LogP contribution is -2.21. The molecule has 15 heteroatoms. The van der Waals surface area contributed by atoms with Gasteiger partial charge in [0.25, 0.3) is 10.0 Å². The topological polar surface area (TPSA) is 137 Å². The van der Waals surface area contributed by atoms with E-state index >= 15 is 0 Å². The van der Waals surface area contributed by atoms with Gasteiger partial charge in [-0.2, -0.15) is 13.2 Å². The molecule has 0 fully saturated rings. The van der Waals surface area contributed by atoms with Gasteiger partial charge in [-0.15, -0.1) is 0 Å². The Balaban J connectivity index is 0.000000592. The average molecular weight is 504 g/mol. The first-order valence-electron chi connectivity index (χ1n) is 7.75. The molecule has 1 aromatic carbocycles. The minimum absolute atomic E-state index is 0.0177. The largest absolute Gasteiger partial charge is 0.490 e. The van der Waals surface area contributed by atoms with Gasteiger partial charge in [0.2, 0.25) is 0 Å². The lowest BCUT2D eigenvalue weighted by atomic mass is 10.2. The van der Waals surface area contributed by atoms with Crippen molar-refractivity contribution >= 4 is 56.7 Å². The van der Waals surface area contributed by atoms with Crippen molar-refractivity contribution < 1.29 is 41.4 Å². The molecule has 0 spiro atoms. The summed E-state index contributed by atoms with van der Waals surface area (Å²) in [6.45, 7) is 0. The fourth-order valence-corrected chi connectivity index (χ4v) is 3.31. The van der Waals surface area contributed by atoms with Crippen LogP contribution in [0.4, 0.5) is 24.7 Å². The van der Waals surface area contributed by atoms with Crippen LogP contribution in [0.2, 0.25) is 10.0 Å². The second kappa shape index (κ2) is 10.0. The zero-order chi connectivity index (χ0) is 24.1. The number of carboxylic acid groups (broad SMARTS) is 2. The summed E-state index contributed by atoms with van der Waals surface area (Å²) in [4.78, 5) is 25.6. The quantitative estimate of drug-likeness (QED) is 0.562. The first-order chi connectivity index (χ1) is 14.1. The number of pyridine rings is 1. The summed E-state index contributed by atoms with van der Waals surface area (Å²) in [6.07, 6.45) is -3.85. The molecular weight excluding hydrogens is 490 g/mol. The number of anilines is 2. The highest BCUT2D eigenvalue weighted by Crippen LogP contribution is 2.27. The van der Waals surface area contributed by atoms with Crippen LogP contribution in [0.5, 0.6) is 0 Å². The van der Waals surface area contributed by atoms with Gasteiger partial charge >= 0.3 is 18.1 Å². The summed E-state index contributed by atoms with van der Waals surface area (Å²) in [6, 6.07) is 5.04. The Bertz CT molecular complexity index is 1090. The van der Waals surface area contributed by atoms with Gasteiger partial charge in [-0.25, -0.2) is 23.0 Å². The predicted molar refractivity (Wildman–Crippen MR) is 106 cm³/mol. The number of aromatic nitrogens is 1. The monoisotopic (exact) mass is 503 g/mol. The van der Waals surface area contributed by atoms with Crippen molar-refractivity contribution in [2.45, 2.75) is 11.1 Å². The fourth-order valence-electron chi connectivity index (χ4n) is 1.89. The lowest BCUT2D eigenvalue weighted by Gasteiger charge is -2.15. The third kappa shape index (κ3) is 7.45. The maximum Gasteiger partial charge on any atom is 0.490 e. The molecule has 1 heterocycles. The van der Waals surface area contributed by atoms with Crippen LogP contribution in [0.15, 0.2) is 35.4 Å². The highest BCUT2D eigenvalue weighted by Gasteiger charge is 2.38. The van der Waals surface area contributed by atoms with E-state index < -0.39 is 28.1 Å². The Kier molecular flexibility index (Phi) is 8.49. The normalized spacial score (nSPS) is 11.2. The van der Waals surface area contributed by atoms with Crippen molar-refractivity contribution in [3.8, 4) is 0 Å². The molecule has 0 saturated carbocycles. The van der Waals surface area contributed by atoms with Crippen molar-refractivity contribution in [2.24, 2.45) is 0 Å². The molecule has 3 N–H and O–H groups in total. The fraction of sp³-hybridized carbons (Fsp3) is 0.188. The average Bonchev–Trinajstić information content (AvgIpc) is 2.63. The highest BCUT2D eigenvalue weighted by molar-refractivity contribution is 7.92. The van der Waals surface area contributed by atoms with Crippen molar-refractivity contribution in [1.82, 2.24) is 4.98 Å². The molecular formula is C16H14Cl2F3N3O6S. The summed E-state index contributed by atoms with van der Waals surface area (Å²) in [5, 5.41) is 16.7. The van der Waals surface area contributed by atoms with Gasteiger partial charge in [-0.3, -0.25) is 4.72 Å². The number of nitrogens with one attached hydrogen (secondary N) is 1. The molecule has 0 saturated heterocycles. The van der Waals surface area contributed by atoms with E-state index in [1.165, 1.54) is 35.4 Å². The molecule has 9 nitrogen and oxygen atoms in total. The van der Waals surface area contributed by atoms with Gasteiger partial charge in [-0.05, 0) is 24.3 Å². The van der Waals surface area contributed by atoms with Crippen molar-refractivity contribution in [2.75, 3.05) is 23.7 Å².